The molecule has 240 valence electrons. The molecule has 0 aliphatic heterocycles. The lowest BCUT2D eigenvalue weighted by Gasteiger charge is -2.62. The number of aliphatic hydroxyl groups excluding tert-OH is 3. The SMILES string of the molecule is C[C@]12C[C@H](O)[C@@]3(F)[C@@H](C[C@H](F)C4=CC(=O)C=C[C@@]43C)[C@@H]1C[C@@H](O[C@H](O)c1ccc(Cc3cccc(N)c3)c(O)c1)[C@@H]2C(=O)CO. The summed E-state index contributed by atoms with van der Waals surface area (Å²) < 4.78 is 39.3. The van der Waals surface area contributed by atoms with E-state index in [1.165, 1.54) is 25.1 Å². The molecule has 0 heterocycles. The number of carbonyl (C=O) groups excluding carboxylic acids is 2. The van der Waals surface area contributed by atoms with Crippen LogP contribution in [0.15, 0.2) is 66.3 Å². The quantitative estimate of drug-likeness (QED) is 0.229. The van der Waals surface area contributed by atoms with Crippen molar-refractivity contribution in [3.05, 3.63) is 83.0 Å². The van der Waals surface area contributed by atoms with E-state index in [0.717, 1.165) is 11.6 Å². The smallest absolute Gasteiger partial charge is 0.181 e. The average Bonchev–Trinajstić information content (AvgIpc) is 3.27. The van der Waals surface area contributed by atoms with Gasteiger partial charge in [-0.05, 0) is 84.6 Å². The van der Waals surface area contributed by atoms with Gasteiger partial charge in [-0.25, -0.2) is 8.78 Å². The number of rotatable bonds is 7. The maximum atomic E-state index is 17.5. The molecule has 2 aromatic rings. The van der Waals surface area contributed by atoms with Crippen molar-refractivity contribution >= 4 is 17.3 Å². The van der Waals surface area contributed by atoms with E-state index < -0.39 is 77.1 Å². The number of ketones is 2. The van der Waals surface area contributed by atoms with Crippen molar-refractivity contribution in [3.8, 4) is 5.75 Å². The number of Topliss-reactive ketones (excluding diaryl/α,β-unsaturated/α-hetero) is 1. The molecule has 0 aromatic heterocycles. The number of hydrogen-bond donors (Lipinski definition) is 5. The number of phenols is 1. The van der Waals surface area contributed by atoms with Crippen LogP contribution >= 0.6 is 0 Å². The largest absolute Gasteiger partial charge is 0.508 e. The Bertz CT molecular complexity index is 1590. The van der Waals surface area contributed by atoms with Crippen LogP contribution < -0.4 is 5.73 Å². The molecule has 4 aliphatic rings. The van der Waals surface area contributed by atoms with Crippen LogP contribution in [0.5, 0.6) is 5.75 Å². The van der Waals surface area contributed by atoms with Gasteiger partial charge in [-0.2, -0.15) is 0 Å². The molecule has 10 atom stereocenters. The summed E-state index contributed by atoms with van der Waals surface area (Å²) in [5.74, 6) is -3.83. The minimum absolute atomic E-state index is 0.000376. The summed E-state index contributed by atoms with van der Waals surface area (Å²) in [6.07, 6.45) is -2.16. The second-order valence-corrected chi connectivity index (χ2v) is 13.6. The predicted octanol–water partition coefficient (Wildman–Crippen LogP) is 4.05. The zero-order valence-electron chi connectivity index (χ0n) is 25.2. The number of nitrogen functional groups attached to an aromatic ring is 1. The third kappa shape index (κ3) is 4.85. The number of phenolic OH excluding ortho intramolecular Hbond substituents is 1. The Morgan fingerprint density at radius 3 is 2.60 bits per heavy atom. The standard InChI is InChI=1S/C35H39F2NO7/c1-33-16-30(43)35(37)24(14-26(36)25-13-22(40)8-9-34(25,35)2)23(33)15-29(31(33)28(42)17-39)45-32(44)20-7-6-19(27(41)12-20)10-18-4-3-5-21(38)11-18/h3-9,11-13,23-24,26,29-32,39,41,43-44H,10,14-17,38H2,1-2H3/t23-,24-,26-,29+,30-,31-,32-,33-,34-,35-/m0/s1. The minimum atomic E-state index is -2.34. The first kappa shape index (κ1) is 31.5. The Balaban J connectivity index is 1.29. The van der Waals surface area contributed by atoms with Gasteiger partial charge in [0.2, 0.25) is 0 Å². The monoisotopic (exact) mass is 623 g/mol. The maximum Gasteiger partial charge on any atom is 0.181 e. The van der Waals surface area contributed by atoms with Crippen molar-refractivity contribution in [2.75, 3.05) is 12.3 Å². The van der Waals surface area contributed by atoms with Gasteiger partial charge < -0.3 is 30.9 Å². The number of benzene rings is 2. The maximum absolute atomic E-state index is 17.5. The van der Waals surface area contributed by atoms with Gasteiger partial charge in [0.1, 0.15) is 18.5 Å². The van der Waals surface area contributed by atoms with Gasteiger partial charge in [0.05, 0.1) is 18.1 Å². The minimum Gasteiger partial charge on any atom is -0.508 e. The second-order valence-electron chi connectivity index (χ2n) is 13.6. The Kier molecular flexibility index (Phi) is 7.79. The molecule has 4 aliphatic carbocycles. The molecule has 8 nitrogen and oxygen atoms in total. The second kappa shape index (κ2) is 11.1. The fourth-order valence-electron chi connectivity index (χ4n) is 9.05. The Labute approximate surface area is 260 Å². The number of aliphatic hydroxyl groups is 3. The van der Waals surface area contributed by atoms with E-state index in [4.69, 9.17) is 10.5 Å². The van der Waals surface area contributed by atoms with Gasteiger partial charge in [0.25, 0.3) is 0 Å². The first-order chi connectivity index (χ1) is 21.2. The molecule has 2 aromatic carbocycles. The molecule has 3 saturated carbocycles. The van der Waals surface area contributed by atoms with Gasteiger partial charge in [-0.1, -0.05) is 37.3 Å². The number of aromatic hydroxyl groups is 1. The lowest BCUT2D eigenvalue weighted by Crippen LogP contribution is -2.68. The number of hydrogen-bond acceptors (Lipinski definition) is 8. The summed E-state index contributed by atoms with van der Waals surface area (Å²) in [4.78, 5) is 25.4. The number of nitrogens with two attached hydrogens (primary N) is 1. The number of anilines is 1. The Morgan fingerprint density at radius 1 is 1.16 bits per heavy atom. The lowest BCUT2D eigenvalue weighted by atomic mass is 9.45. The number of carbonyl (C=O) groups is 2. The van der Waals surface area contributed by atoms with Gasteiger partial charge in [0.15, 0.2) is 23.5 Å². The van der Waals surface area contributed by atoms with Crippen LogP contribution in [0.1, 0.15) is 56.1 Å². The molecule has 0 amide bonds. The van der Waals surface area contributed by atoms with Crippen LogP contribution in [0.3, 0.4) is 0 Å². The normalized spacial score (nSPS) is 37.8. The number of fused-ring (bicyclic) bond motifs is 5. The fraction of sp³-hybridized carbons (Fsp3) is 0.486. The number of ether oxygens (including phenoxy) is 1. The van der Waals surface area contributed by atoms with Gasteiger partial charge in [0, 0.05) is 29.0 Å². The van der Waals surface area contributed by atoms with Crippen LogP contribution in [-0.4, -0.2) is 62.6 Å². The van der Waals surface area contributed by atoms with Gasteiger partial charge in [-0.3, -0.25) is 9.59 Å². The van der Waals surface area contributed by atoms with E-state index in [2.05, 4.69) is 0 Å². The lowest BCUT2D eigenvalue weighted by molar-refractivity contribution is -0.203. The topological polar surface area (TPSA) is 150 Å². The molecule has 0 saturated heterocycles. The first-order valence-electron chi connectivity index (χ1n) is 15.3. The van der Waals surface area contributed by atoms with Crippen molar-refractivity contribution in [1.82, 2.24) is 0 Å². The summed E-state index contributed by atoms with van der Waals surface area (Å²) in [5.41, 5.74) is 3.15. The van der Waals surface area contributed by atoms with Crippen molar-refractivity contribution in [2.24, 2.45) is 28.6 Å². The first-order valence-corrected chi connectivity index (χ1v) is 15.3. The summed E-state index contributed by atoms with van der Waals surface area (Å²) in [6, 6.07) is 11.9. The fourth-order valence-corrected chi connectivity index (χ4v) is 9.05. The molecule has 0 unspecified atom stereocenters. The van der Waals surface area contributed by atoms with E-state index >= 15 is 8.78 Å². The zero-order valence-corrected chi connectivity index (χ0v) is 25.2. The summed E-state index contributed by atoms with van der Waals surface area (Å²) in [7, 11) is 0. The van der Waals surface area contributed by atoms with Crippen LogP contribution in [0.4, 0.5) is 14.5 Å². The number of halogens is 2. The molecule has 3 fully saturated rings. The highest BCUT2D eigenvalue weighted by Crippen LogP contribution is 2.69. The Hall–Kier alpha value is -3.44. The molecule has 0 bridgehead atoms. The van der Waals surface area contributed by atoms with Crippen molar-refractivity contribution in [3.63, 3.8) is 0 Å². The van der Waals surface area contributed by atoms with Crippen molar-refractivity contribution < 1.29 is 43.5 Å². The zero-order chi connectivity index (χ0) is 32.5. The highest BCUT2D eigenvalue weighted by atomic mass is 19.1. The highest BCUT2D eigenvalue weighted by Gasteiger charge is 2.73. The highest BCUT2D eigenvalue weighted by molar-refractivity contribution is 6.01. The van der Waals surface area contributed by atoms with Crippen molar-refractivity contribution in [1.29, 1.82) is 0 Å². The summed E-state index contributed by atoms with van der Waals surface area (Å²) >= 11 is 0. The molecule has 10 heteroatoms. The van der Waals surface area contributed by atoms with Gasteiger partial charge >= 0.3 is 0 Å². The molecular formula is C35H39F2NO7. The summed E-state index contributed by atoms with van der Waals surface area (Å²) in [5, 5.41) is 43.3. The predicted molar refractivity (Wildman–Crippen MR) is 161 cm³/mol. The van der Waals surface area contributed by atoms with E-state index in [0.29, 0.717) is 17.7 Å². The number of alkyl halides is 2. The molecule has 0 radical (unpaired) electrons. The van der Waals surface area contributed by atoms with E-state index in [9.17, 15) is 30.0 Å². The molecule has 6 rings (SSSR count). The average molecular weight is 624 g/mol. The van der Waals surface area contributed by atoms with E-state index in [1.54, 1.807) is 31.2 Å². The molecule has 6 N–H and O–H groups in total. The van der Waals surface area contributed by atoms with Gasteiger partial charge in [-0.15, -0.1) is 0 Å². The van der Waals surface area contributed by atoms with Crippen LogP contribution in [0, 0.1) is 28.6 Å². The molecular weight excluding hydrogens is 584 g/mol. The summed E-state index contributed by atoms with van der Waals surface area (Å²) in [6.45, 7) is 2.40. The van der Waals surface area contributed by atoms with Crippen LogP contribution in [-0.2, 0) is 20.7 Å². The van der Waals surface area contributed by atoms with Crippen LogP contribution in [0.2, 0.25) is 0 Å². The van der Waals surface area contributed by atoms with E-state index in [1.807, 2.05) is 12.1 Å². The Morgan fingerprint density at radius 2 is 1.91 bits per heavy atom. The van der Waals surface area contributed by atoms with Crippen LogP contribution in [0.25, 0.3) is 0 Å². The third-order valence-electron chi connectivity index (χ3n) is 11.2. The molecule has 45 heavy (non-hydrogen) atoms. The van der Waals surface area contributed by atoms with E-state index in [-0.39, 0.29) is 36.1 Å². The number of allylic oxidation sites excluding steroid dienone is 4. The van der Waals surface area contributed by atoms with Crippen molar-refractivity contribution in [2.45, 2.75) is 69.9 Å². The third-order valence-corrected chi connectivity index (χ3v) is 11.2. The molecule has 0 spiro atoms.